The van der Waals surface area contributed by atoms with Gasteiger partial charge in [-0.15, -0.1) is 0 Å². The summed E-state index contributed by atoms with van der Waals surface area (Å²) < 4.78 is 32.3. The predicted molar refractivity (Wildman–Crippen MR) is 143 cm³/mol. The molecule has 12 heteroatoms. The summed E-state index contributed by atoms with van der Waals surface area (Å²) in [4.78, 5) is 39.2. The fourth-order valence-corrected chi connectivity index (χ4v) is 6.14. The van der Waals surface area contributed by atoms with Crippen molar-refractivity contribution in [2.24, 2.45) is 0 Å². The molecule has 1 saturated heterocycles. The first-order chi connectivity index (χ1) is 19.3. The van der Waals surface area contributed by atoms with Crippen molar-refractivity contribution in [2.75, 3.05) is 13.1 Å². The Morgan fingerprint density at radius 2 is 1.93 bits per heavy atom. The molecule has 3 atom stereocenters. The van der Waals surface area contributed by atoms with Crippen molar-refractivity contribution >= 4 is 17.2 Å². The molecule has 2 aliphatic heterocycles. The Balaban J connectivity index is 1.18. The maximum atomic E-state index is 14.7. The highest BCUT2D eigenvalue weighted by Gasteiger charge is 2.33. The molecule has 3 aromatic heterocycles. The van der Waals surface area contributed by atoms with Gasteiger partial charge in [-0.05, 0) is 56.4 Å². The van der Waals surface area contributed by atoms with Crippen molar-refractivity contribution in [1.82, 2.24) is 34.3 Å². The molecule has 10 nitrogen and oxygen atoms in total. The molecule has 3 N–H and O–H groups in total. The molecular weight excluding hydrogens is 520 g/mol. The highest BCUT2D eigenvalue weighted by Crippen LogP contribution is 2.36. The van der Waals surface area contributed by atoms with Crippen LogP contribution in [0.3, 0.4) is 0 Å². The van der Waals surface area contributed by atoms with Gasteiger partial charge in [0.05, 0.1) is 29.6 Å². The van der Waals surface area contributed by atoms with Gasteiger partial charge in [-0.2, -0.15) is 0 Å². The second-order valence-electron chi connectivity index (χ2n) is 10.6. The number of hydrogen-bond donors (Lipinski definition) is 3. The zero-order chi connectivity index (χ0) is 28.0. The third kappa shape index (κ3) is 4.66. The number of carbonyl (C=O) groups excluding carboxylic acids is 1. The highest BCUT2D eigenvalue weighted by molar-refractivity contribution is 5.75. The molecule has 2 amide bonds. The van der Waals surface area contributed by atoms with E-state index < -0.39 is 23.8 Å². The number of urea groups is 1. The lowest BCUT2D eigenvalue weighted by Crippen LogP contribution is -2.46. The molecule has 0 spiro atoms. The summed E-state index contributed by atoms with van der Waals surface area (Å²) in [5.74, 6) is -1.55. The number of benzene rings is 1. The van der Waals surface area contributed by atoms with Crippen molar-refractivity contribution in [2.45, 2.75) is 63.3 Å². The third-order valence-electron chi connectivity index (χ3n) is 8.19. The lowest BCUT2D eigenvalue weighted by Gasteiger charge is -2.33. The molecule has 0 aliphatic carbocycles. The van der Waals surface area contributed by atoms with Gasteiger partial charge in [0.25, 0.3) is 0 Å². The smallest absolute Gasteiger partial charge is 0.327 e. The largest absolute Gasteiger partial charge is 0.387 e. The van der Waals surface area contributed by atoms with Crippen LogP contribution in [0, 0.1) is 11.6 Å². The predicted octanol–water partition coefficient (Wildman–Crippen LogP) is 3.92. The van der Waals surface area contributed by atoms with Crippen LogP contribution < -0.4 is 11.0 Å². The number of aromatic amines is 1. The lowest BCUT2D eigenvalue weighted by atomic mass is 9.92. The fraction of sp³-hybridized carbons (Fsp3) is 0.429. The van der Waals surface area contributed by atoms with E-state index in [4.69, 9.17) is 0 Å². The number of halogens is 2. The monoisotopic (exact) mass is 551 g/mol. The van der Waals surface area contributed by atoms with Crippen LogP contribution in [0.5, 0.6) is 0 Å². The second-order valence-corrected chi connectivity index (χ2v) is 10.6. The summed E-state index contributed by atoms with van der Waals surface area (Å²) in [6.07, 6.45) is 4.57. The minimum Gasteiger partial charge on any atom is -0.387 e. The van der Waals surface area contributed by atoms with E-state index >= 15 is 0 Å². The molecule has 0 radical (unpaired) electrons. The van der Waals surface area contributed by atoms with Crippen LogP contribution in [0.25, 0.3) is 11.2 Å². The van der Waals surface area contributed by atoms with Gasteiger partial charge in [0.2, 0.25) is 0 Å². The normalized spacial score (nSPS) is 20.8. The van der Waals surface area contributed by atoms with Crippen LogP contribution in [0.1, 0.15) is 73.8 Å². The maximum absolute atomic E-state index is 14.7. The summed E-state index contributed by atoms with van der Waals surface area (Å²) in [5.41, 5.74) is 1.91. The number of nitrogens with one attached hydrogen (secondary N) is 2. The van der Waals surface area contributed by atoms with E-state index in [1.54, 1.807) is 40.9 Å². The Morgan fingerprint density at radius 1 is 1.12 bits per heavy atom. The first-order valence-corrected chi connectivity index (χ1v) is 13.6. The van der Waals surface area contributed by atoms with Crippen molar-refractivity contribution < 1.29 is 18.7 Å². The van der Waals surface area contributed by atoms with Gasteiger partial charge in [0.15, 0.2) is 17.3 Å². The van der Waals surface area contributed by atoms with Crippen molar-refractivity contribution in [3.05, 3.63) is 81.9 Å². The molecule has 4 aromatic rings. The second kappa shape index (κ2) is 10.5. The Hall–Kier alpha value is -4.06. The number of aliphatic hydroxyl groups is 1. The van der Waals surface area contributed by atoms with Gasteiger partial charge in [-0.3, -0.25) is 9.55 Å². The van der Waals surface area contributed by atoms with Crippen LogP contribution in [-0.2, 0) is 6.54 Å². The number of H-pyrrole nitrogens is 1. The van der Waals surface area contributed by atoms with E-state index in [-0.39, 0.29) is 29.2 Å². The van der Waals surface area contributed by atoms with Gasteiger partial charge in [-0.25, -0.2) is 28.3 Å². The molecule has 2 aliphatic rings. The van der Waals surface area contributed by atoms with Gasteiger partial charge in [-0.1, -0.05) is 12.1 Å². The van der Waals surface area contributed by atoms with Crippen LogP contribution in [-0.4, -0.2) is 53.2 Å². The Labute approximate surface area is 228 Å². The van der Waals surface area contributed by atoms with Crippen LogP contribution in [0.15, 0.2) is 47.5 Å². The SMILES string of the molecule is CC(O)c1cnc2n1C[C@H](c1cccc(F)c1F)CC[C@H]2NC(=O)N1CCC(n2c(=O)[nH]c3ncccc32)CC1. The lowest BCUT2D eigenvalue weighted by molar-refractivity contribution is 0.167. The summed E-state index contributed by atoms with van der Waals surface area (Å²) >= 11 is 0. The number of likely N-dealkylation sites (tertiary alicyclic amines) is 1. The number of aliphatic hydroxyl groups excluding tert-OH is 1. The summed E-state index contributed by atoms with van der Waals surface area (Å²) in [6, 6.07) is 7.05. The van der Waals surface area contributed by atoms with E-state index in [1.807, 2.05) is 10.6 Å². The number of amides is 2. The molecule has 1 aromatic carbocycles. The number of imidazole rings is 2. The van der Waals surface area contributed by atoms with Gasteiger partial charge >= 0.3 is 11.7 Å². The highest BCUT2D eigenvalue weighted by atomic mass is 19.2. The van der Waals surface area contributed by atoms with Gasteiger partial charge in [0, 0.05) is 37.8 Å². The number of nitrogens with zero attached hydrogens (tertiary/aromatic N) is 5. The average Bonchev–Trinajstić information content (AvgIpc) is 3.47. The first-order valence-electron chi connectivity index (χ1n) is 13.6. The van der Waals surface area contributed by atoms with Crippen LogP contribution in [0.4, 0.5) is 13.6 Å². The minimum atomic E-state index is -0.900. The molecule has 40 heavy (non-hydrogen) atoms. The number of hydrogen-bond acceptors (Lipinski definition) is 5. The zero-order valence-corrected chi connectivity index (χ0v) is 22.1. The number of aromatic nitrogens is 5. The molecule has 5 heterocycles. The van der Waals surface area contributed by atoms with Crippen molar-refractivity contribution in [1.29, 1.82) is 0 Å². The molecule has 0 bridgehead atoms. The van der Waals surface area contributed by atoms with E-state index in [2.05, 4.69) is 20.3 Å². The number of rotatable bonds is 4. The maximum Gasteiger partial charge on any atom is 0.327 e. The van der Waals surface area contributed by atoms with E-state index in [0.717, 1.165) is 11.6 Å². The zero-order valence-electron chi connectivity index (χ0n) is 22.1. The molecular formula is C28H31F2N7O3. The molecule has 210 valence electrons. The first kappa shape index (κ1) is 26.2. The Kier molecular flexibility index (Phi) is 6.87. The minimum absolute atomic E-state index is 0.0539. The van der Waals surface area contributed by atoms with Crippen molar-refractivity contribution in [3.8, 4) is 0 Å². The van der Waals surface area contributed by atoms with Crippen LogP contribution in [0.2, 0.25) is 0 Å². The van der Waals surface area contributed by atoms with E-state index in [1.165, 1.54) is 6.07 Å². The molecule has 1 fully saturated rings. The van der Waals surface area contributed by atoms with E-state index in [9.17, 15) is 23.5 Å². The quantitative estimate of drug-likeness (QED) is 0.355. The topological polar surface area (TPSA) is 121 Å². The van der Waals surface area contributed by atoms with Crippen molar-refractivity contribution in [3.63, 3.8) is 0 Å². The number of carbonyl (C=O) groups is 1. The molecule has 6 rings (SSSR count). The molecule has 1 unspecified atom stereocenters. The summed E-state index contributed by atoms with van der Waals surface area (Å²) in [6.45, 7) is 2.86. The summed E-state index contributed by atoms with van der Waals surface area (Å²) in [5, 5.41) is 13.5. The standard InChI is InChI=1S/C28H31F2N7O3/c1-16(38)23-14-32-26-21(8-7-17(15-36(23)26)19-4-2-5-20(29)24(19)30)33-27(39)35-12-9-18(10-13-35)37-22-6-3-11-31-25(22)34-28(37)40/h2-6,11,14,16-18,21,38H,7-10,12-13,15H2,1H3,(H,33,39)(H,31,34,40)/t16?,17-,21-/m1/s1. The van der Waals surface area contributed by atoms with Gasteiger partial charge in [0.1, 0.15) is 5.82 Å². The van der Waals surface area contributed by atoms with Gasteiger partial charge < -0.3 is 19.9 Å². The van der Waals surface area contributed by atoms with E-state index in [0.29, 0.717) is 62.5 Å². The summed E-state index contributed by atoms with van der Waals surface area (Å²) in [7, 11) is 0. The molecule has 0 saturated carbocycles. The number of fused-ring (bicyclic) bond motifs is 2. The third-order valence-corrected chi connectivity index (χ3v) is 8.19. The number of pyridine rings is 1. The average molecular weight is 552 g/mol. The fourth-order valence-electron chi connectivity index (χ4n) is 6.14. The Morgan fingerprint density at radius 3 is 2.70 bits per heavy atom. The Bertz CT molecular complexity index is 1600. The number of piperidine rings is 1. The van der Waals surface area contributed by atoms with Crippen LogP contribution >= 0.6 is 0 Å².